The zero-order valence-electron chi connectivity index (χ0n) is 11.0. The van der Waals surface area contributed by atoms with Gasteiger partial charge in [0.05, 0.1) is 0 Å². The minimum Gasteiger partial charge on any atom is -0.382 e. The normalized spacial score (nSPS) is 18.2. The van der Waals surface area contributed by atoms with Crippen LogP contribution >= 0.6 is 0 Å². The van der Waals surface area contributed by atoms with E-state index in [1.807, 2.05) is 12.4 Å². The molecular weight excluding hydrogens is 222 g/mol. The number of aryl methyl sites for hydroxylation is 2. The van der Waals surface area contributed by atoms with Crippen LogP contribution in [0.2, 0.25) is 0 Å². The summed E-state index contributed by atoms with van der Waals surface area (Å²) in [5, 5.41) is 3.53. The largest absolute Gasteiger partial charge is 0.382 e. The molecule has 18 heavy (non-hydrogen) atoms. The highest BCUT2D eigenvalue weighted by Crippen LogP contribution is 2.29. The summed E-state index contributed by atoms with van der Waals surface area (Å²) in [6, 6.07) is 7.22. The topological polar surface area (TPSA) is 29.9 Å². The van der Waals surface area contributed by atoms with E-state index < -0.39 is 0 Å². The number of anilines is 1. The Hall–Kier alpha value is -1.77. The lowest BCUT2D eigenvalue weighted by Crippen LogP contribution is -2.21. The average Bonchev–Trinajstić information content (AvgIpc) is 2.86. The second kappa shape index (κ2) is 4.48. The number of benzene rings is 1. The first-order valence-corrected chi connectivity index (χ1v) is 6.69. The van der Waals surface area contributed by atoms with Crippen LogP contribution in [-0.4, -0.2) is 15.6 Å². The molecule has 0 bridgehead atoms. The third-order valence-corrected chi connectivity index (χ3v) is 3.67. The predicted octanol–water partition coefficient (Wildman–Crippen LogP) is 3.32. The second-order valence-electron chi connectivity index (χ2n) is 4.99. The van der Waals surface area contributed by atoms with Crippen molar-refractivity contribution in [3.63, 3.8) is 0 Å². The van der Waals surface area contributed by atoms with Crippen LogP contribution in [0, 0.1) is 0 Å². The number of imidazole rings is 1. The highest BCUT2D eigenvalue weighted by molar-refractivity contribution is 5.65. The highest BCUT2D eigenvalue weighted by Gasteiger charge is 2.15. The van der Waals surface area contributed by atoms with Crippen molar-refractivity contribution in [1.82, 2.24) is 9.55 Å². The lowest BCUT2D eigenvalue weighted by Gasteiger charge is -2.24. The van der Waals surface area contributed by atoms with Gasteiger partial charge in [-0.25, -0.2) is 4.98 Å². The summed E-state index contributed by atoms with van der Waals surface area (Å²) in [5.74, 6) is 1.07. The molecular formula is C15H19N3. The van der Waals surface area contributed by atoms with E-state index in [9.17, 15) is 0 Å². The van der Waals surface area contributed by atoms with Gasteiger partial charge < -0.3 is 9.88 Å². The summed E-state index contributed by atoms with van der Waals surface area (Å²) in [5.41, 5.74) is 3.92. The summed E-state index contributed by atoms with van der Waals surface area (Å²) in [7, 11) is 0. The molecule has 1 aromatic heterocycles. The molecule has 0 amide bonds. The van der Waals surface area contributed by atoms with Crippen molar-refractivity contribution in [3.05, 3.63) is 36.2 Å². The number of aromatic nitrogens is 2. The van der Waals surface area contributed by atoms with E-state index in [-0.39, 0.29) is 0 Å². The Bertz CT molecular complexity index is 557. The van der Waals surface area contributed by atoms with Crippen LogP contribution in [0.25, 0.3) is 11.4 Å². The Morgan fingerprint density at radius 1 is 1.44 bits per heavy atom. The Labute approximate surface area is 108 Å². The molecule has 0 saturated carbocycles. The summed E-state index contributed by atoms with van der Waals surface area (Å²) < 4.78 is 2.18. The number of hydrogen-bond acceptors (Lipinski definition) is 2. The molecule has 0 spiro atoms. The fraction of sp³-hybridized carbons (Fsp3) is 0.400. The van der Waals surface area contributed by atoms with E-state index in [0.717, 1.165) is 18.8 Å². The molecule has 1 aliphatic heterocycles. The Morgan fingerprint density at radius 2 is 2.33 bits per heavy atom. The maximum atomic E-state index is 4.46. The number of rotatable bonds is 2. The molecule has 2 heterocycles. The number of nitrogens with zero attached hydrogens (tertiary/aromatic N) is 2. The first kappa shape index (κ1) is 11.3. The van der Waals surface area contributed by atoms with Gasteiger partial charge >= 0.3 is 0 Å². The van der Waals surface area contributed by atoms with Crippen molar-refractivity contribution >= 4 is 5.69 Å². The lowest BCUT2D eigenvalue weighted by atomic mass is 9.97. The van der Waals surface area contributed by atoms with Gasteiger partial charge in [0.2, 0.25) is 0 Å². The molecule has 1 atom stereocenters. The van der Waals surface area contributed by atoms with Crippen LogP contribution in [0.3, 0.4) is 0 Å². The van der Waals surface area contributed by atoms with Crippen LogP contribution in [0.5, 0.6) is 0 Å². The van der Waals surface area contributed by atoms with Crippen molar-refractivity contribution in [2.45, 2.75) is 39.3 Å². The highest BCUT2D eigenvalue weighted by atomic mass is 15.1. The van der Waals surface area contributed by atoms with Gasteiger partial charge in [0.25, 0.3) is 0 Å². The minimum absolute atomic E-state index is 0.584. The Morgan fingerprint density at radius 3 is 3.17 bits per heavy atom. The van der Waals surface area contributed by atoms with Gasteiger partial charge in [-0.15, -0.1) is 0 Å². The number of nitrogens with one attached hydrogen (secondary N) is 1. The van der Waals surface area contributed by atoms with Crippen LogP contribution < -0.4 is 5.32 Å². The zero-order chi connectivity index (χ0) is 12.5. The van der Waals surface area contributed by atoms with E-state index in [0.29, 0.717) is 6.04 Å². The third-order valence-electron chi connectivity index (χ3n) is 3.67. The fourth-order valence-corrected chi connectivity index (χ4v) is 2.61. The van der Waals surface area contributed by atoms with Gasteiger partial charge in [-0.3, -0.25) is 0 Å². The Kier molecular flexibility index (Phi) is 2.82. The molecule has 2 aromatic rings. The van der Waals surface area contributed by atoms with Crippen molar-refractivity contribution < 1.29 is 0 Å². The van der Waals surface area contributed by atoms with Gasteiger partial charge in [0, 0.05) is 36.2 Å². The molecule has 1 aliphatic rings. The molecule has 1 aromatic carbocycles. The first-order valence-electron chi connectivity index (χ1n) is 6.69. The standard InChI is InChI=1S/C15H19N3/c1-3-18-9-8-16-15(18)13-6-7-14-12(10-13)5-4-11(2)17-14/h6-11,17H,3-5H2,1-2H3. The molecule has 0 aliphatic carbocycles. The molecule has 3 rings (SSSR count). The summed E-state index contributed by atoms with van der Waals surface area (Å²) >= 11 is 0. The molecule has 0 fully saturated rings. The van der Waals surface area contributed by atoms with Crippen LogP contribution in [0.1, 0.15) is 25.8 Å². The van der Waals surface area contributed by atoms with E-state index in [2.05, 4.69) is 46.9 Å². The molecule has 0 radical (unpaired) electrons. The van der Waals surface area contributed by atoms with E-state index in [1.165, 1.54) is 23.2 Å². The van der Waals surface area contributed by atoms with Crippen LogP contribution in [0.15, 0.2) is 30.6 Å². The predicted molar refractivity (Wildman–Crippen MR) is 74.7 cm³/mol. The van der Waals surface area contributed by atoms with Crippen LogP contribution in [-0.2, 0) is 13.0 Å². The smallest absolute Gasteiger partial charge is 0.139 e. The zero-order valence-corrected chi connectivity index (χ0v) is 11.0. The maximum absolute atomic E-state index is 4.46. The molecule has 94 valence electrons. The van der Waals surface area contributed by atoms with Crippen LogP contribution in [0.4, 0.5) is 5.69 Å². The summed E-state index contributed by atoms with van der Waals surface area (Å²) in [6.07, 6.45) is 6.27. The monoisotopic (exact) mass is 241 g/mol. The fourth-order valence-electron chi connectivity index (χ4n) is 2.61. The number of fused-ring (bicyclic) bond motifs is 1. The third kappa shape index (κ3) is 1.90. The van der Waals surface area contributed by atoms with Crippen molar-refractivity contribution in [3.8, 4) is 11.4 Å². The van der Waals surface area contributed by atoms with Gasteiger partial charge in [-0.05, 0) is 50.5 Å². The number of hydrogen-bond donors (Lipinski definition) is 1. The quantitative estimate of drug-likeness (QED) is 0.874. The van der Waals surface area contributed by atoms with E-state index in [4.69, 9.17) is 0 Å². The van der Waals surface area contributed by atoms with Crippen molar-refractivity contribution in [2.75, 3.05) is 5.32 Å². The summed E-state index contributed by atoms with van der Waals surface area (Å²) in [4.78, 5) is 4.46. The van der Waals surface area contributed by atoms with Crippen molar-refractivity contribution in [2.24, 2.45) is 0 Å². The first-order chi connectivity index (χ1) is 8.78. The Balaban J connectivity index is 2.00. The van der Waals surface area contributed by atoms with E-state index >= 15 is 0 Å². The molecule has 1 N–H and O–H groups in total. The summed E-state index contributed by atoms with van der Waals surface area (Å²) in [6.45, 7) is 5.34. The molecule has 1 unspecified atom stereocenters. The average molecular weight is 241 g/mol. The van der Waals surface area contributed by atoms with Gasteiger partial charge in [-0.1, -0.05) is 0 Å². The van der Waals surface area contributed by atoms with Gasteiger partial charge in [0.15, 0.2) is 0 Å². The minimum atomic E-state index is 0.584. The lowest BCUT2D eigenvalue weighted by molar-refractivity contribution is 0.681. The molecule has 3 heteroatoms. The SMILES string of the molecule is CCn1ccnc1-c1ccc2c(c1)CCC(C)N2. The second-order valence-corrected chi connectivity index (χ2v) is 4.99. The maximum Gasteiger partial charge on any atom is 0.139 e. The van der Waals surface area contributed by atoms with Gasteiger partial charge in [0.1, 0.15) is 5.82 Å². The van der Waals surface area contributed by atoms with Gasteiger partial charge in [-0.2, -0.15) is 0 Å². The molecule has 0 saturated heterocycles. The van der Waals surface area contributed by atoms with Crippen molar-refractivity contribution in [1.29, 1.82) is 0 Å². The molecule has 3 nitrogen and oxygen atoms in total. The van der Waals surface area contributed by atoms with E-state index in [1.54, 1.807) is 0 Å².